The van der Waals surface area contributed by atoms with Crippen molar-refractivity contribution < 1.29 is 14.0 Å². The van der Waals surface area contributed by atoms with Gasteiger partial charge >= 0.3 is 0 Å². The van der Waals surface area contributed by atoms with Crippen LogP contribution in [0.15, 0.2) is 72.8 Å². The molecule has 4 aromatic rings. The Morgan fingerprint density at radius 2 is 1.57 bits per heavy atom. The highest BCUT2D eigenvalue weighted by atomic mass is 32.1. The predicted octanol–water partition coefficient (Wildman–Crippen LogP) is 5.42. The number of para-hydroxylation sites is 1. The Kier molecular flexibility index (Phi) is 5.40. The zero-order valence-electron chi connectivity index (χ0n) is 16.0. The number of nitrogens with zero attached hydrogens (tertiary/aromatic N) is 1. The topological polar surface area (TPSA) is 22.3 Å². The highest BCUT2D eigenvalue weighted by Crippen LogP contribution is 2.29. The molecule has 140 valence electrons. The van der Waals surface area contributed by atoms with Crippen LogP contribution in [-0.4, -0.2) is 14.2 Å². The summed E-state index contributed by atoms with van der Waals surface area (Å²) in [4.78, 5) is 0. The summed E-state index contributed by atoms with van der Waals surface area (Å²) < 4.78 is 14.4. The van der Waals surface area contributed by atoms with Gasteiger partial charge in [-0.3, -0.25) is 0 Å². The molecule has 3 aromatic carbocycles. The van der Waals surface area contributed by atoms with Crippen LogP contribution in [0.4, 0.5) is 0 Å². The van der Waals surface area contributed by atoms with Gasteiger partial charge < -0.3 is 9.47 Å². The summed E-state index contributed by atoms with van der Waals surface area (Å²) in [6, 6.07) is 25.1. The van der Waals surface area contributed by atoms with E-state index in [1.165, 1.54) is 20.8 Å². The minimum absolute atomic E-state index is 0.734. The molecule has 0 aliphatic carbocycles. The molecule has 0 aliphatic rings. The maximum Gasteiger partial charge on any atom is 0.263 e. The monoisotopic (exact) mass is 388 g/mol. The molecule has 0 N–H and O–H groups in total. The molecule has 0 radical (unpaired) electrons. The van der Waals surface area contributed by atoms with Gasteiger partial charge in [-0.05, 0) is 29.8 Å². The SMILES string of the molecule is COc1ccc(C=Cc2sc3ccccc3[n+]2Cc2ccccc2)cc1OC. The van der Waals surface area contributed by atoms with Crippen LogP contribution in [-0.2, 0) is 6.54 Å². The maximum atomic E-state index is 5.42. The Morgan fingerprint density at radius 1 is 0.821 bits per heavy atom. The van der Waals surface area contributed by atoms with Crippen LogP contribution in [0.2, 0.25) is 0 Å². The molecule has 1 heterocycles. The summed E-state index contributed by atoms with van der Waals surface area (Å²) in [5.74, 6) is 1.47. The van der Waals surface area contributed by atoms with Crippen molar-refractivity contribution >= 4 is 33.7 Å². The number of hydrogen-bond acceptors (Lipinski definition) is 3. The number of benzene rings is 3. The first kappa shape index (κ1) is 18.3. The second-order valence-corrected chi connectivity index (χ2v) is 7.49. The molecule has 4 rings (SSSR count). The van der Waals surface area contributed by atoms with E-state index in [9.17, 15) is 0 Å². The van der Waals surface area contributed by atoms with Crippen molar-refractivity contribution in [3.63, 3.8) is 0 Å². The summed E-state index contributed by atoms with van der Waals surface area (Å²) in [6.45, 7) is 0.844. The highest BCUT2D eigenvalue weighted by Gasteiger charge is 2.18. The summed E-state index contributed by atoms with van der Waals surface area (Å²) in [5, 5.41) is 1.21. The van der Waals surface area contributed by atoms with Crippen LogP contribution >= 0.6 is 11.3 Å². The molecule has 0 amide bonds. The van der Waals surface area contributed by atoms with Gasteiger partial charge in [0, 0.05) is 17.7 Å². The lowest BCUT2D eigenvalue weighted by atomic mass is 10.2. The Bertz CT molecular complexity index is 1120. The molecule has 3 nitrogen and oxygen atoms in total. The summed E-state index contributed by atoms with van der Waals surface area (Å²) in [7, 11) is 3.31. The van der Waals surface area contributed by atoms with E-state index in [1.54, 1.807) is 25.6 Å². The average Bonchev–Trinajstić information content (AvgIpc) is 3.10. The van der Waals surface area contributed by atoms with Crippen molar-refractivity contribution in [3.8, 4) is 11.5 Å². The van der Waals surface area contributed by atoms with E-state index in [4.69, 9.17) is 9.47 Å². The second kappa shape index (κ2) is 8.28. The first-order valence-corrected chi connectivity index (χ1v) is 9.95. The van der Waals surface area contributed by atoms with E-state index in [2.05, 4.69) is 71.3 Å². The van der Waals surface area contributed by atoms with Crippen LogP contribution in [0, 0.1) is 0 Å². The van der Waals surface area contributed by atoms with E-state index in [0.29, 0.717) is 0 Å². The molecule has 0 unspecified atom stereocenters. The van der Waals surface area contributed by atoms with Gasteiger partial charge in [0.25, 0.3) is 5.01 Å². The van der Waals surface area contributed by atoms with E-state index >= 15 is 0 Å². The second-order valence-electron chi connectivity index (χ2n) is 6.43. The van der Waals surface area contributed by atoms with Gasteiger partial charge in [0.15, 0.2) is 18.0 Å². The number of methoxy groups -OCH3 is 2. The molecule has 0 bridgehead atoms. The molecule has 0 atom stereocenters. The number of aromatic nitrogens is 1. The van der Waals surface area contributed by atoms with Crippen LogP contribution in [0.5, 0.6) is 11.5 Å². The molecule has 0 aliphatic heterocycles. The third kappa shape index (κ3) is 3.78. The van der Waals surface area contributed by atoms with Crippen molar-refractivity contribution in [2.45, 2.75) is 6.54 Å². The lowest BCUT2D eigenvalue weighted by Gasteiger charge is -2.07. The minimum atomic E-state index is 0.734. The fourth-order valence-electron chi connectivity index (χ4n) is 3.23. The van der Waals surface area contributed by atoms with Gasteiger partial charge in [-0.2, -0.15) is 4.57 Å². The van der Waals surface area contributed by atoms with Gasteiger partial charge in [0.05, 0.1) is 14.2 Å². The number of ether oxygens (including phenoxy) is 2. The smallest absolute Gasteiger partial charge is 0.263 e. The van der Waals surface area contributed by atoms with Gasteiger partial charge in [-0.1, -0.05) is 59.9 Å². The van der Waals surface area contributed by atoms with Crippen LogP contribution in [0.3, 0.4) is 0 Å². The largest absolute Gasteiger partial charge is 0.493 e. The summed E-state index contributed by atoms with van der Waals surface area (Å²) in [6.07, 6.45) is 4.29. The normalized spacial score (nSPS) is 11.2. The van der Waals surface area contributed by atoms with E-state index < -0.39 is 0 Å². The Hall–Kier alpha value is -3.11. The van der Waals surface area contributed by atoms with E-state index in [0.717, 1.165) is 23.6 Å². The lowest BCUT2D eigenvalue weighted by molar-refractivity contribution is -0.659. The van der Waals surface area contributed by atoms with Gasteiger partial charge in [-0.25, -0.2) is 0 Å². The van der Waals surface area contributed by atoms with Gasteiger partial charge in [0.1, 0.15) is 4.70 Å². The molecule has 1 aromatic heterocycles. The average molecular weight is 389 g/mol. The van der Waals surface area contributed by atoms with E-state index in [1.807, 2.05) is 18.2 Å². The first-order valence-electron chi connectivity index (χ1n) is 9.14. The Labute approximate surface area is 169 Å². The number of thiazole rings is 1. The molecule has 4 heteroatoms. The molecule has 0 fully saturated rings. The third-order valence-corrected chi connectivity index (χ3v) is 5.78. The Balaban J connectivity index is 1.72. The molecular weight excluding hydrogens is 366 g/mol. The van der Waals surface area contributed by atoms with Crippen molar-refractivity contribution in [3.05, 3.63) is 88.9 Å². The van der Waals surface area contributed by atoms with Crippen molar-refractivity contribution in [1.82, 2.24) is 0 Å². The maximum absolute atomic E-state index is 5.42. The van der Waals surface area contributed by atoms with E-state index in [-0.39, 0.29) is 0 Å². The molecular formula is C24H22NO2S+. The van der Waals surface area contributed by atoms with Crippen LogP contribution in [0.1, 0.15) is 16.1 Å². The van der Waals surface area contributed by atoms with Crippen molar-refractivity contribution in [1.29, 1.82) is 0 Å². The van der Waals surface area contributed by atoms with Crippen LogP contribution < -0.4 is 14.0 Å². The summed E-state index contributed by atoms with van der Waals surface area (Å²) in [5.41, 5.74) is 3.61. The number of fused-ring (bicyclic) bond motifs is 1. The highest BCUT2D eigenvalue weighted by molar-refractivity contribution is 7.18. The fourth-order valence-corrected chi connectivity index (χ4v) is 4.29. The number of rotatable bonds is 6. The van der Waals surface area contributed by atoms with Crippen LogP contribution in [0.25, 0.3) is 22.4 Å². The zero-order valence-corrected chi connectivity index (χ0v) is 16.8. The van der Waals surface area contributed by atoms with Crippen molar-refractivity contribution in [2.24, 2.45) is 0 Å². The fraction of sp³-hybridized carbons (Fsp3) is 0.125. The standard InChI is InChI=1S/C24H22NO2S/c1-26-21-14-12-18(16-22(21)27-2)13-15-24-25(17-19-8-4-3-5-9-19)20-10-6-7-11-23(20)28-24/h3-16H,17H2,1-2H3/q+1. The molecule has 0 saturated heterocycles. The molecule has 28 heavy (non-hydrogen) atoms. The molecule has 0 saturated carbocycles. The Morgan fingerprint density at radius 3 is 2.36 bits per heavy atom. The lowest BCUT2D eigenvalue weighted by Crippen LogP contribution is -2.35. The minimum Gasteiger partial charge on any atom is -0.493 e. The predicted molar refractivity (Wildman–Crippen MR) is 116 cm³/mol. The van der Waals surface area contributed by atoms with Crippen molar-refractivity contribution in [2.75, 3.05) is 14.2 Å². The third-order valence-electron chi connectivity index (χ3n) is 4.65. The summed E-state index contributed by atoms with van der Waals surface area (Å²) >= 11 is 1.80. The molecule has 0 spiro atoms. The quantitative estimate of drug-likeness (QED) is 0.411. The zero-order chi connectivity index (χ0) is 19.3. The van der Waals surface area contributed by atoms with Gasteiger partial charge in [-0.15, -0.1) is 0 Å². The van der Waals surface area contributed by atoms with Gasteiger partial charge in [0.2, 0.25) is 5.52 Å². The number of hydrogen-bond donors (Lipinski definition) is 0. The first-order chi connectivity index (χ1) is 13.8.